The first-order valence-electron chi connectivity index (χ1n) is 4.96. The number of hydrogen-bond donors (Lipinski definition) is 1. The highest BCUT2D eigenvalue weighted by Gasteiger charge is 1.99. The third-order valence-corrected chi connectivity index (χ3v) is 2.38. The lowest BCUT2D eigenvalue weighted by molar-refractivity contribution is 0.362. The first-order valence-corrected chi connectivity index (χ1v) is 4.96. The minimum Gasteiger partial charge on any atom is -0.365 e. The Morgan fingerprint density at radius 1 is 0.875 bits per heavy atom. The highest BCUT2D eigenvalue weighted by atomic mass is 19.1. The molecule has 0 bridgehead atoms. The van der Waals surface area contributed by atoms with Crippen molar-refractivity contribution in [3.05, 3.63) is 54.3 Å². The highest BCUT2D eigenvalue weighted by molar-refractivity contribution is 6.46. The molecule has 0 heterocycles. The van der Waals surface area contributed by atoms with Crippen LogP contribution in [-0.4, -0.2) is 7.48 Å². The van der Waals surface area contributed by atoms with Crippen molar-refractivity contribution in [3.8, 4) is 11.1 Å². The van der Waals surface area contributed by atoms with E-state index in [-0.39, 0.29) is 5.82 Å². The molecule has 0 spiro atoms. The van der Waals surface area contributed by atoms with Crippen LogP contribution in [0.15, 0.2) is 48.5 Å². The molecule has 0 aliphatic rings. The predicted molar refractivity (Wildman–Crippen MR) is 63.9 cm³/mol. The number of benzene rings is 2. The fourth-order valence-corrected chi connectivity index (χ4v) is 1.53. The first kappa shape index (κ1) is 10.9. The summed E-state index contributed by atoms with van der Waals surface area (Å²) in [5, 5.41) is 0. The Labute approximate surface area is 94.1 Å². The van der Waals surface area contributed by atoms with Gasteiger partial charge in [-0.15, -0.1) is 0 Å². The molecule has 0 aliphatic heterocycles. The van der Waals surface area contributed by atoms with Crippen LogP contribution >= 0.6 is 0 Å². The molecule has 2 aromatic rings. The summed E-state index contributed by atoms with van der Waals surface area (Å²) in [5.74, 6) is 4.76. The van der Waals surface area contributed by atoms with Gasteiger partial charge in [0.25, 0.3) is 0 Å². The van der Waals surface area contributed by atoms with E-state index in [0.29, 0.717) is 7.48 Å². The second-order valence-electron chi connectivity index (χ2n) is 3.51. The minimum atomic E-state index is -0.225. The molecule has 2 rings (SSSR count). The van der Waals surface area contributed by atoms with E-state index in [9.17, 15) is 4.39 Å². The Hall–Kier alpha value is -1.65. The van der Waals surface area contributed by atoms with Crippen LogP contribution in [-0.2, 0) is 4.76 Å². The average Bonchev–Trinajstić information content (AvgIpc) is 2.32. The van der Waals surface area contributed by atoms with Crippen molar-refractivity contribution in [2.45, 2.75) is 0 Å². The molecule has 2 aromatic carbocycles. The normalized spacial score (nSPS) is 10.1. The lowest BCUT2D eigenvalue weighted by Crippen LogP contribution is -2.20. The van der Waals surface area contributed by atoms with Crippen LogP contribution in [0, 0.1) is 5.82 Å². The Morgan fingerprint density at radius 3 is 1.88 bits per heavy atom. The highest BCUT2D eigenvalue weighted by Crippen LogP contribution is 2.18. The molecular formula is C12H11BFNO. The van der Waals surface area contributed by atoms with Gasteiger partial charge in [0.2, 0.25) is 0 Å². The van der Waals surface area contributed by atoms with Gasteiger partial charge in [-0.2, -0.15) is 0 Å². The van der Waals surface area contributed by atoms with E-state index < -0.39 is 0 Å². The third kappa shape index (κ3) is 2.48. The maximum absolute atomic E-state index is 12.7. The predicted octanol–water partition coefficient (Wildman–Crippen LogP) is 1.36. The number of rotatable bonds is 3. The molecule has 0 saturated carbocycles. The lowest BCUT2D eigenvalue weighted by Gasteiger charge is -2.03. The Balaban J connectivity index is 2.24. The van der Waals surface area contributed by atoms with Crippen molar-refractivity contribution in [2.75, 3.05) is 0 Å². The Bertz CT molecular complexity index is 455. The van der Waals surface area contributed by atoms with Crippen LogP contribution in [0.1, 0.15) is 0 Å². The van der Waals surface area contributed by atoms with E-state index in [4.69, 9.17) is 5.90 Å². The maximum Gasteiger partial charge on any atom is 0.336 e. The summed E-state index contributed by atoms with van der Waals surface area (Å²) < 4.78 is 17.3. The quantitative estimate of drug-likeness (QED) is 0.619. The van der Waals surface area contributed by atoms with Crippen molar-refractivity contribution in [2.24, 2.45) is 5.90 Å². The van der Waals surface area contributed by atoms with Gasteiger partial charge >= 0.3 is 7.48 Å². The zero-order valence-corrected chi connectivity index (χ0v) is 8.69. The van der Waals surface area contributed by atoms with Gasteiger partial charge in [-0.05, 0) is 23.3 Å². The fourth-order valence-electron chi connectivity index (χ4n) is 1.53. The standard InChI is InChI=1S/C12H11BFNO/c14-12-7-3-10(4-8-12)9-1-5-11(6-2-9)13-16-15/h1-8,13H,15H2. The van der Waals surface area contributed by atoms with Crippen LogP contribution in [0.25, 0.3) is 11.1 Å². The van der Waals surface area contributed by atoms with Crippen molar-refractivity contribution >= 4 is 12.9 Å². The summed E-state index contributed by atoms with van der Waals surface area (Å²) in [6.45, 7) is 0. The SMILES string of the molecule is NOBc1ccc(-c2ccc(F)cc2)cc1. The molecule has 2 nitrogen and oxygen atoms in total. The van der Waals surface area contributed by atoms with Crippen LogP contribution in [0.5, 0.6) is 0 Å². The summed E-state index contributed by atoms with van der Waals surface area (Å²) >= 11 is 0. The molecule has 16 heavy (non-hydrogen) atoms. The zero-order valence-electron chi connectivity index (χ0n) is 8.69. The molecule has 2 N–H and O–H groups in total. The number of halogens is 1. The Morgan fingerprint density at radius 2 is 1.38 bits per heavy atom. The van der Waals surface area contributed by atoms with Gasteiger partial charge in [-0.3, -0.25) is 0 Å². The maximum atomic E-state index is 12.7. The van der Waals surface area contributed by atoms with Gasteiger partial charge in [0.1, 0.15) is 5.82 Å². The van der Waals surface area contributed by atoms with Crippen molar-refractivity contribution in [3.63, 3.8) is 0 Å². The average molecular weight is 215 g/mol. The number of hydrogen-bond acceptors (Lipinski definition) is 2. The first-order chi connectivity index (χ1) is 7.79. The largest absolute Gasteiger partial charge is 0.365 e. The molecule has 0 saturated heterocycles. The van der Waals surface area contributed by atoms with Crippen molar-refractivity contribution < 1.29 is 9.15 Å². The van der Waals surface area contributed by atoms with Crippen LogP contribution in [0.3, 0.4) is 0 Å². The summed E-state index contributed by atoms with van der Waals surface area (Å²) in [4.78, 5) is 0. The van der Waals surface area contributed by atoms with Gasteiger partial charge in [-0.25, -0.2) is 10.3 Å². The monoisotopic (exact) mass is 215 g/mol. The molecule has 4 heteroatoms. The van der Waals surface area contributed by atoms with Gasteiger partial charge in [0, 0.05) is 0 Å². The van der Waals surface area contributed by atoms with E-state index in [0.717, 1.165) is 16.6 Å². The molecule has 0 aliphatic carbocycles. The summed E-state index contributed by atoms with van der Waals surface area (Å²) in [6.07, 6.45) is 0. The van der Waals surface area contributed by atoms with Gasteiger partial charge < -0.3 is 4.76 Å². The van der Waals surface area contributed by atoms with E-state index >= 15 is 0 Å². The van der Waals surface area contributed by atoms with E-state index in [1.165, 1.54) is 12.1 Å². The van der Waals surface area contributed by atoms with Crippen LogP contribution in [0.4, 0.5) is 4.39 Å². The van der Waals surface area contributed by atoms with Crippen LogP contribution < -0.4 is 11.4 Å². The summed E-state index contributed by atoms with van der Waals surface area (Å²) in [7, 11) is 0.393. The second-order valence-corrected chi connectivity index (χ2v) is 3.51. The van der Waals surface area contributed by atoms with Crippen molar-refractivity contribution in [1.82, 2.24) is 0 Å². The molecule has 0 fully saturated rings. The van der Waals surface area contributed by atoms with Crippen LogP contribution in [0.2, 0.25) is 0 Å². The zero-order chi connectivity index (χ0) is 11.4. The van der Waals surface area contributed by atoms with E-state index in [1.807, 2.05) is 24.3 Å². The fraction of sp³-hybridized carbons (Fsp3) is 0. The molecule has 0 aromatic heterocycles. The summed E-state index contributed by atoms with van der Waals surface area (Å²) in [5.41, 5.74) is 3.04. The topological polar surface area (TPSA) is 35.2 Å². The smallest absolute Gasteiger partial charge is 0.336 e. The lowest BCUT2D eigenvalue weighted by atomic mass is 9.87. The second kappa shape index (κ2) is 4.92. The molecule has 0 amide bonds. The minimum absolute atomic E-state index is 0.225. The van der Waals surface area contributed by atoms with E-state index in [1.54, 1.807) is 12.1 Å². The Kier molecular flexibility index (Phi) is 3.34. The summed E-state index contributed by atoms with van der Waals surface area (Å²) in [6, 6.07) is 14.2. The number of nitrogens with two attached hydrogens (primary N) is 1. The molecule has 0 radical (unpaired) electrons. The molecule has 0 atom stereocenters. The molecule has 0 unspecified atom stereocenters. The van der Waals surface area contributed by atoms with Gasteiger partial charge in [0.15, 0.2) is 0 Å². The molecule has 80 valence electrons. The molecular weight excluding hydrogens is 204 g/mol. The third-order valence-electron chi connectivity index (χ3n) is 2.38. The van der Waals surface area contributed by atoms with Gasteiger partial charge in [-0.1, -0.05) is 41.9 Å². The van der Waals surface area contributed by atoms with E-state index in [2.05, 4.69) is 4.76 Å². The van der Waals surface area contributed by atoms with Crippen molar-refractivity contribution in [1.29, 1.82) is 0 Å². The van der Waals surface area contributed by atoms with Gasteiger partial charge in [0.05, 0.1) is 0 Å².